The molecular formula is C25H26FN9. The van der Waals surface area contributed by atoms with Crippen LogP contribution in [0.15, 0.2) is 36.9 Å². The summed E-state index contributed by atoms with van der Waals surface area (Å²) in [6.45, 7) is 6.07. The fourth-order valence-corrected chi connectivity index (χ4v) is 4.73. The molecule has 0 aliphatic carbocycles. The van der Waals surface area contributed by atoms with Crippen LogP contribution in [0.25, 0.3) is 44.8 Å². The summed E-state index contributed by atoms with van der Waals surface area (Å²) >= 11 is 0. The van der Waals surface area contributed by atoms with Crippen molar-refractivity contribution in [2.45, 2.75) is 39.2 Å². The number of anilines is 2. The summed E-state index contributed by atoms with van der Waals surface area (Å²) in [5.74, 6) is 0.0290. The van der Waals surface area contributed by atoms with Crippen LogP contribution in [0.5, 0.6) is 0 Å². The van der Waals surface area contributed by atoms with E-state index in [0.717, 1.165) is 42.8 Å². The fraction of sp³-hybridized carbons (Fsp3) is 0.320. The maximum Gasteiger partial charge on any atom is 0.161 e. The molecule has 0 aromatic carbocycles. The molecule has 0 bridgehead atoms. The number of piperidine rings is 1. The first-order valence-corrected chi connectivity index (χ1v) is 11.9. The van der Waals surface area contributed by atoms with Gasteiger partial charge in [0.25, 0.3) is 0 Å². The van der Waals surface area contributed by atoms with Gasteiger partial charge in [0, 0.05) is 55.0 Å². The smallest absolute Gasteiger partial charge is 0.161 e. The number of hydrogen-bond acceptors (Lipinski definition) is 7. The second-order valence-corrected chi connectivity index (χ2v) is 9.20. The minimum Gasteiger partial charge on any atom is -0.382 e. The molecule has 5 aromatic rings. The average Bonchev–Trinajstić information content (AvgIpc) is 3.49. The molecule has 1 fully saturated rings. The van der Waals surface area contributed by atoms with Crippen LogP contribution in [-0.4, -0.2) is 54.2 Å². The molecule has 35 heavy (non-hydrogen) atoms. The lowest BCUT2D eigenvalue weighted by atomic mass is 10.1. The predicted octanol–water partition coefficient (Wildman–Crippen LogP) is 4.91. The highest BCUT2D eigenvalue weighted by Gasteiger charge is 2.22. The summed E-state index contributed by atoms with van der Waals surface area (Å²) in [6.07, 6.45) is 10.2. The molecule has 0 unspecified atom stereocenters. The van der Waals surface area contributed by atoms with Crippen LogP contribution in [0, 0.1) is 5.82 Å². The van der Waals surface area contributed by atoms with Gasteiger partial charge in [-0.15, -0.1) is 0 Å². The topological polar surface area (TPSA) is 111 Å². The second-order valence-electron chi connectivity index (χ2n) is 9.20. The lowest BCUT2D eigenvalue weighted by Crippen LogP contribution is -2.29. The summed E-state index contributed by atoms with van der Waals surface area (Å²) in [4.78, 5) is 23.6. The predicted molar refractivity (Wildman–Crippen MR) is 135 cm³/mol. The molecule has 0 atom stereocenters. The van der Waals surface area contributed by atoms with E-state index < -0.39 is 5.82 Å². The number of pyridine rings is 3. The van der Waals surface area contributed by atoms with E-state index in [1.807, 2.05) is 26.0 Å². The number of H-pyrrole nitrogens is 2. The number of aromatic amines is 2. The van der Waals surface area contributed by atoms with Gasteiger partial charge in [0.2, 0.25) is 0 Å². The van der Waals surface area contributed by atoms with Gasteiger partial charge in [0.1, 0.15) is 17.0 Å². The van der Waals surface area contributed by atoms with Crippen molar-refractivity contribution < 1.29 is 4.39 Å². The quantitative estimate of drug-likeness (QED) is 0.334. The molecule has 5 aromatic heterocycles. The first-order chi connectivity index (χ1) is 17.1. The first kappa shape index (κ1) is 21.5. The van der Waals surface area contributed by atoms with Crippen molar-refractivity contribution in [3.05, 3.63) is 42.7 Å². The SMILES string of the molecule is CC(C)Nc1cncc(-c2cnc3[nH]nc(-c4nc5c(N6CCCCC6)ccnc5[nH]4)c3c2F)c1. The highest BCUT2D eigenvalue weighted by Crippen LogP contribution is 2.34. The van der Waals surface area contributed by atoms with Gasteiger partial charge in [-0.05, 0) is 45.2 Å². The summed E-state index contributed by atoms with van der Waals surface area (Å²) < 4.78 is 15.9. The zero-order chi connectivity index (χ0) is 23.9. The summed E-state index contributed by atoms with van der Waals surface area (Å²) in [7, 11) is 0. The van der Waals surface area contributed by atoms with Crippen molar-refractivity contribution in [1.82, 2.24) is 35.1 Å². The first-order valence-electron chi connectivity index (χ1n) is 11.9. The Morgan fingerprint density at radius 3 is 2.74 bits per heavy atom. The minimum absolute atomic E-state index is 0.231. The third-order valence-electron chi connectivity index (χ3n) is 6.31. The van der Waals surface area contributed by atoms with Crippen molar-refractivity contribution in [2.24, 2.45) is 0 Å². The van der Waals surface area contributed by atoms with Gasteiger partial charge in [-0.25, -0.2) is 19.3 Å². The number of rotatable bonds is 5. The van der Waals surface area contributed by atoms with Crippen LogP contribution in [0.3, 0.4) is 0 Å². The minimum atomic E-state index is -0.424. The van der Waals surface area contributed by atoms with E-state index in [0.29, 0.717) is 33.9 Å². The van der Waals surface area contributed by atoms with Gasteiger partial charge in [-0.3, -0.25) is 10.1 Å². The largest absolute Gasteiger partial charge is 0.382 e. The third-order valence-corrected chi connectivity index (χ3v) is 6.31. The van der Waals surface area contributed by atoms with Crippen LogP contribution in [-0.2, 0) is 0 Å². The Morgan fingerprint density at radius 1 is 1.06 bits per heavy atom. The average molecular weight is 472 g/mol. The van der Waals surface area contributed by atoms with Crippen LogP contribution in [0.1, 0.15) is 33.1 Å². The Labute approximate surface area is 201 Å². The molecular weight excluding hydrogens is 445 g/mol. The molecule has 1 aliphatic rings. The Hall–Kier alpha value is -4.08. The number of imidazole rings is 1. The zero-order valence-corrected chi connectivity index (χ0v) is 19.6. The molecule has 9 nitrogen and oxygen atoms in total. The normalized spacial score (nSPS) is 14.3. The van der Waals surface area contributed by atoms with E-state index >= 15 is 4.39 Å². The zero-order valence-electron chi connectivity index (χ0n) is 19.6. The van der Waals surface area contributed by atoms with Crippen LogP contribution < -0.4 is 10.2 Å². The molecule has 0 radical (unpaired) electrons. The van der Waals surface area contributed by atoms with Crippen LogP contribution in [0.2, 0.25) is 0 Å². The Balaban J connectivity index is 1.45. The summed E-state index contributed by atoms with van der Waals surface area (Å²) in [5, 5.41) is 10.8. The number of nitrogens with one attached hydrogen (secondary N) is 3. The van der Waals surface area contributed by atoms with E-state index in [1.54, 1.807) is 18.6 Å². The Kier molecular flexibility index (Phi) is 5.28. The molecule has 0 spiro atoms. The van der Waals surface area contributed by atoms with Crippen molar-refractivity contribution in [2.75, 3.05) is 23.3 Å². The molecule has 6 heterocycles. The molecule has 178 valence electrons. The lowest BCUT2D eigenvalue weighted by molar-refractivity contribution is 0.578. The maximum atomic E-state index is 15.9. The van der Waals surface area contributed by atoms with Gasteiger partial charge >= 0.3 is 0 Å². The number of aromatic nitrogens is 7. The van der Waals surface area contributed by atoms with Gasteiger partial charge in [-0.2, -0.15) is 5.10 Å². The standard InChI is InChI=1S/C25H26FN9/c1-14(2)30-16-10-15(11-27-12-16)17-13-29-23-19(20(17)26)22(33-34-23)25-31-21-18(6-7-28-24(21)32-25)35-8-4-3-5-9-35/h6-7,10-14,30H,3-5,8-9H2,1-2H3,(H,28,31,32)(H,29,33,34). The monoisotopic (exact) mass is 471 g/mol. The molecule has 3 N–H and O–H groups in total. The summed E-state index contributed by atoms with van der Waals surface area (Å²) in [6, 6.07) is 4.09. The number of fused-ring (bicyclic) bond motifs is 2. The molecule has 0 saturated carbocycles. The molecule has 0 amide bonds. The molecule has 1 aliphatic heterocycles. The Morgan fingerprint density at radius 2 is 1.91 bits per heavy atom. The number of nitrogens with zero attached hydrogens (tertiary/aromatic N) is 6. The number of halogens is 1. The van der Waals surface area contributed by atoms with E-state index in [4.69, 9.17) is 4.98 Å². The van der Waals surface area contributed by atoms with E-state index in [9.17, 15) is 0 Å². The molecule has 6 rings (SSSR count). The maximum absolute atomic E-state index is 15.9. The van der Waals surface area contributed by atoms with E-state index in [1.165, 1.54) is 12.6 Å². The summed E-state index contributed by atoms with van der Waals surface area (Å²) in [5.41, 5.74) is 4.99. The van der Waals surface area contributed by atoms with E-state index in [2.05, 4.69) is 40.3 Å². The highest BCUT2D eigenvalue weighted by molar-refractivity contribution is 5.95. The van der Waals surface area contributed by atoms with Gasteiger partial charge in [0.15, 0.2) is 17.1 Å². The highest BCUT2D eigenvalue weighted by atomic mass is 19.1. The van der Waals surface area contributed by atoms with Crippen LogP contribution >= 0.6 is 0 Å². The van der Waals surface area contributed by atoms with Crippen molar-refractivity contribution >= 4 is 33.6 Å². The van der Waals surface area contributed by atoms with E-state index in [-0.39, 0.29) is 11.4 Å². The molecule has 10 heteroatoms. The second kappa shape index (κ2) is 8.61. The van der Waals surface area contributed by atoms with Crippen molar-refractivity contribution in [1.29, 1.82) is 0 Å². The van der Waals surface area contributed by atoms with Gasteiger partial charge < -0.3 is 15.2 Å². The molecule has 1 saturated heterocycles. The van der Waals surface area contributed by atoms with Crippen molar-refractivity contribution in [3.63, 3.8) is 0 Å². The van der Waals surface area contributed by atoms with Gasteiger partial charge in [-0.1, -0.05) is 0 Å². The fourth-order valence-electron chi connectivity index (χ4n) is 4.73. The van der Waals surface area contributed by atoms with Crippen molar-refractivity contribution in [3.8, 4) is 22.6 Å². The van der Waals surface area contributed by atoms with Crippen LogP contribution in [0.4, 0.5) is 15.8 Å². The van der Waals surface area contributed by atoms with Gasteiger partial charge in [0.05, 0.1) is 16.8 Å². The lowest BCUT2D eigenvalue weighted by Gasteiger charge is -2.28. The third kappa shape index (κ3) is 3.84. The number of hydrogen-bond donors (Lipinski definition) is 3. The Bertz CT molecular complexity index is 1510.